The summed E-state index contributed by atoms with van der Waals surface area (Å²) in [5, 5.41) is 9.87. The molecule has 1 N–H and O–H groups in total. The second kappa shape index (κ2) is 6.65. The largest absolute Gasteiger partial charge is 0.396 e. The molecule has 0 radical (unpaired) electrons. The quantitative estimate of drug-likeness (QED) is 0.598. The van der Waals surface area contributed by atoms with Gasteiger partial charge in [0.1, 0.15) is 6.79 Å². The molecule has 0 heterocycles. The Kier molecular flexibility index (Phi) is 4.79. The van der Waals surface area contributed by atoms with Crippen molar-refractivity contribution in [1.29, 1.82) is 0 Å². The predicted molar refractivity (Wildman–Crippen MR) is 99.0 cm³/mol. The highest BCUT2D eigenvalue weighted by molar-refractivity contribution is 5.25. The smallest absolute Gasteiger partial charge is 0.146 e. The van der Waals surface area contributed by atoms with Crippen LogP contribution in [0.5, 0.6) is 0 Å². The maximum atomic E-state index is 9.87. The van der Waals surface area contributed by atoms with Crippen LogP contribution in [0.1, 0.15) is 65.2 Å². The van der Waals surface area contributed by atoms with Crippen LogP contribution < -0.4 is 0 Å². The number of aliphatic hydroxyl groups is 1. The second-order valence-electron chi connectivity index (χ2n) is 9.70. The van der Waals surface area contributed by atoms with E-state index in [4.69, 9.17) is 9.47 Å². The maximum absolute atomic E-state index is 9.87. The van der Waals surface area contributed by atoms with Crippen LogP contribution in [0.2, 0.25) is 0 Å². The van der Waals surface area contributed by atoms with Crippen molar-refractivity contribution in [2.24, 2.45) is 34.5 Å². The third kappa shape index (κ3) is 2.73. The molecule has 0 bridgehead atoms. The Balaban J connectivity index is 1.55. The molecule has 0 saturated heterocycles. The SMILES string of the molecule is COCO[C@H]1CC[C@@]2(C)C(=CC[C@H]3[C@@H]4CC[C@H](CO)[C@@]4(C)CC[C@@H]32)C1. The van der Waals surface area contributed by atoms with Crippen LogP contribution in [0.15, 0.2) is 11.6 Å². The number of aliphatic hydroxyl groups excluding tert-OH is 1. The van der Waals surface area contributed by atoms with E-state index in [9.17, 15) is 5.11 Å². The summed E-state index contributed by atoms with van der Waals surface area (Å²) in [6.07, 6.45) is 13.0. The fourth-order valence-corrected chi connectivity index (χ4v) is 7.34. The Morgan fingerprint density at radius 3 is 2.72 bits per heavy atom. The minimum atomic E-state index is 0.343. The molecular weight excluding hydrogens is 312 g/mol. The minimum Gasteiger partial charge on any atom is -0.396 e. The highest BCUT2D eigenvalue weighted by Gasteiger charge is 2.58. The van der Waals surface area contributed by atoms with Crippen molar-refractivity contribution in [2.45, 2.75) is 71.3 Å². The van der Waals surface area contributed by atoms with Gasteiger partial charge in [-0.1, -0.05) is 25.5 Å². The van der Waals surface area contributed by atoms with Gasteiger partial charge in [0.05, 0.1) is 6.10 Å². The van der Waals surface area contributed by atoms with Gasteiger partial charge in [0, 0.05) is 13.7 Å². The summed E-state index contributed by atoms with van der Waals surface area (Å²) in [5.41, 5.74) is 2.44. The van der Waals surface area contributed by atoms with Crippen LogP contribution in [0.25, 0.3) is 0 Å². The first-order valence-electron chi connectivity index (χ1n) is 10.4. The summed E-state index contributed by atoms with van der Waals surface area (Å²) in [4.78, 5) is 0. The number of methoxy groups -OCH3 is 1. The lowest BCUT2D eigenvalue weighted by Gasteiger charge is -2.58. The zero-order valence-corrected chi connectivity index (χ0v) is 16.3. The molecule has 3 nitrogen and oxygen atoms in total. The zero-order valence-electron chi connectivity index (χ0n) is 16.3. The first-order valence-corrected chi connectivity index (χ1v) is 10.4. The highest BCUT2D eigenvalue weighted by atomic mass is 16.7. The van der Waals surface area contributed by atoms with Crippen molar-refractivity contribution in [3.63, 3.8) is 0 Å². The Morgan fingerprint density at radius 1 is 1.12 bits per heavy atom. The number of fused-ring (bicyclic) bond motifs is 5. The molecule has 0 spiro atoms. The average molecular weight is 349 g/mol. The molecule has 0 unspecified atom stereocenters. The van der Waals surface area contributed by atoms with Gasteiger partial charge in [-0.15, -0.1) is 0 Å². The van der Waals surface area contributed by atoms with Crippen LogP contribution in [-0.4, -0.2) is 31.7 Å². The summed E-state index contributed by atoms with van der Waals surface area (Å²) >= 11 is 0. The summed E-state index contributed by atoms with van der Waals surface area (Å²) < 4.78 is 11.0. The fraction of sp³-hybridized carbons (Fsp3) is 0.909. The molecule has 0 aromatic rings. The van der Waals surface area contributed by atoms with Crippen molar-refractivity contribution >= 4 is 0 Å². The summed E-state index contributed by atoms with van der Waals surface area (Å²) in [7, 11) is 1.71. The molecule has 3 saturated carbocycles. The number of ether oxygens (including phenoxy) is 2. The molecule has 4 aliphatic carbocycles. The first-order chi connectivity index (χ1) is 12.0. The second-order valence-corrected chi connectivity index (χ2v) is 9.70. The summed E-state index contributed by atoms with van der Waals surface area (Å²) in [6, 6.07) is 0. The molecule has 0 aliphatic heterocycles. The van der Waals surface area contributed by atoms with E-state index in [1.54, 1.807) is 12.7 Å². The van der Waals surface area contributed by atoms with Gasteiger partial charge in [-0.05, 0) is 85.9 Å². The molecule has 3 fully saturated rings. The highest BCUT2D eigenvalue weighted by Crippen LogP contribution is 2.66. The van der Waals surface area contributed by atoms with E-state index in [-0.39, 0.29) is 0 Å². The number of hydrogen-bond acceptors (Lipinski definition) is 3. The minimum absolute atomic E-state index is 0.343. The Bertz CT molecular complexity index is 529. The lowest BCUT2D eigenvalue weighted by Crippen LogP contribution is -2.50. The molecule has 142 valence electrons. The lowest BCUT2D eigenvalue weighted by atomic mass is 9.47. The fourth-order valence-electron chi connectivity index (χ4n) is 7.34. The van der Waals surface area contributed by atoms with E-state index >= 15 is 0 Å². The predicted octanol–water partition coefficient (Wildman–Crippen LogP) is 4.55. The van der Waals surface area contributed by atoms with E-state index in [1.807, 2.05) is 0 Å². The lowest BCUT2D eigenvalue weighted by molar-refractivity contribution is -0.0982. The van der Waals surface area contributed by atoms with E-state index in [0.29, 0.717) is 36.3 Å². The third-order valence-electron chi connectivity index (χ3n) is 8.90. The van der Waals surface area contributed by atoms with Gasteiger partial charge in [-0.25, -0.2) is 0 Å². The molecular formula is C22H36O3. The van der Waals surface area contributed by atoms with Gasteiger partial charge < -0.3 is 14.6 Å². The molecule has 0 aromatic carbocycles. The van der Waals surface area contributed by atoms with Crippen molar-refractivity contribution in [1.82, 2.24) is 0 Å². The standard InChI is InChI=1S/C22H36O3/c1-21-10-8-17(25-14-24-3)12-15(21)4-6-18-19-7-5-16(13-23)22(19,2)11-9-20(18)21/h4,16-20,23H,5-14H2,1-3H3/t16-,17+,18+,19+,20+,21+,22-/m1/s1. The van der Waals surface area contributed by atoms with Crippen LogP contribution in [0.3, 0.4) is 0 Å². The Morgan fingerprint density at radius 2 is 1.96 bits per heavy atom. The van der Waals surface area contributed by atoms with Gasteiger partial charge in [0.25, 0.3) is 0 Å². The van der Waals surface area contributed by atoms with Gasteiger partial charge in [0.2, 0.25) is 0 Å². The molecule has 25 heavy (non-hydrogen) atoms. The van der Waals surface area contributed by atoms with E-state index < -0.39 is 0 Å². The van der Waals surface area contributed by atoms with Gasteiger partial charge in [0.15, 0.2) is 0 Å². The molecule has 7 atom stereocenters. The molecule has 0 amide bonds. The summed E-state index contributed by atoms with van der Waals surface area (Å²) in [5.74, 6) is 3.03. The van der Waals surface area contributed by atoms with Crippen molar-refractivity contribution in [3.05, 3.63) is 11.6 Å². The van der Waals surface area contributed by atoms with E-state index in [2.05, 4.69) is 19.9 Å². The van der Waals surface area contributed by atoms with Crippen molar-refractivity contribution in [3.8, 4) is 0 Å². The average Bonchev–Trinajstić information content (AvgIpc) is 2.96. The topological polar surface area (TPSA) is 38.7 Å². The van der Waals surface area contributed by atoms with Crippen molar-refractivity contribution in [2.75, 3.05) is 20.5 Å². The zero-order chi connectivity index (χ0) is 17.7. The third-order valence-corrected chi connectivity index (χ3v) is 8.90. The molecule has 4 aliphatic rings. The Labute approximate surface area is 153 Å². The number of allylic oxidation sites excluding steroid dienone is 1. The number of rotatable bonds is 4. The van der Waals surface area contributed by atoms with E-state index in [1.165, 1.54) is 44.9 Å². The summed E-state index contributed by atoms with van der Waals surface area (Å²) in [6.45, 7) is 5.84. The molecule has 0 aromatic heterocycles. The van der Waals surface area contributed by atoms with Crippen LogP contribution in [-0.2, 0) is 9.47 Å². The maximum Gasteiger partial charge on any atom is 0.146 e. The number of hydrogen-bond donors (Lipinski definition) is 1. The van der Waals surface area contributed by atoms with Gasteiger partial charge >= 0.3 is 0 Å². The van der Waals surface area contributed by atoms with Crippen LogP contribution in [0.4, 0.5) is 0 Å². The van der Waals surface area contributed by atoms with Crippen LogP contribution in [0, 0.1) is 34.5 Å². The van der Waals surface area contributed by atoms with E-state index in [0.717, 1.165) is 24.2 Å². The Hall–Kier alpha value is -0.380. The van der Waals surface area contributed by atoms with Crippen molar-refractivity contribution < 1.29 is 14.6 Å². The molecule has 3 heteroatoms. The first kappa shape index (κ1) is 18.0. The molecule has 4 rings (SSSR count). The monoisotopic (exact) mass is 348 g/mol. The van der Waals surface area contributed by atoms with Gasteiger partial charge in [-0.3, -0.25) is 0 Å². The normalized spacial score (nSPS) is 49.1. The van der Waals surface area contributed by atoms with Crippen LogP contribution >= 0.6 is 0 Å². The van der Waals surface area contributed by atoms with Gasteiger partial charge in [-0.2, -0.15) is 0 Å².